The van der Waals surface area contributed by atoms with Gasteiger partial charge in [0.25, 0.3) is 0 Å². The highest BCUT2D eigenvalue weighted by atomic mass is 35.5. The molecule has 0 bridgehead atoms. The van der Waals surface area contributed by atoms with Gasteiger partial charge in [0, 0.05) is 5.02 Å². The molecule has 0 aliphatic rings. The summed E-state index contributed by atoms with van der Waals surface area (Å²) in [6.07, 6.45) is 0.934. The Bertz CT molecular complexity index is 611. The summed E-state index contributed by atoms with van der Waals surface area (Å²) in [7, 11) is 0. The van der Waals surface area contributed by atoms with E-state index >= 15 is 0 Å². The van der Waals surface area contributed by atoms with E-state index in [0.717, 1.165) is 30.2 Å². The van der Waals surface area contributed by atoms with Crippen LogP contribution in [-0.4, -0.2) is 6.54 Å². The van der Waals surface area contributed by atoms with Crippen LogP contribution in [0.3, 0.4) is 0 Å². The fraction of sp³-hybridized carbons (Fsp3) is 0.294. The van der Waals surface area contributed by atoms with Crippen LogP contribution in [0.2, 0.25) is 5.02 Å². The SMILES string of the molecule is CCCNC(c1ccc(C)cc1)c1cc(F)c(F)cc1Cl. The van der Waals surface area contributed by atoms with Gasteiger partial charge in [-0.25, -0.2) is 8.78 Å². The number of rotatable bonds is 5. The third-order valence-corrected chi connectivity index (χ3v) is 3.69. The van der Waals surface area contributed by atoms with E-state index in [1.807, 2.05) is 38.1 Å². The van der Waals surface area contributed by atoms with Crippen molar-refractivity contribution < 1.29 is 8.78 Å². The number of nitrogens with one attached hydrogen (secondary N) is 1. The summed E-state index contributed by atoms with van der Waals surface area (Å²) in [5, 5.41) is 3.56. The van der Waals surface area contributed by atoms with Crippen molar-refractivity contribution in [1.82, 2.24) is 5.32 Å². The van der Waals surface area contributed by atoms with Gasteiger partial charge in [-0.2, -0.15) is 0 Å². The third kappa shape index (κ3) is 3.80. The van der Waals surface area contributed by atoms with Crippen LogP contribution >= 0.6 is 11.6 Å². The average molecular weight is 310 g/mol. The highest BCUT2D eigenvalue weighted by Crippen LogP contribution is 2.30. The Balaban J connectivity index is 2.45. The van der Waals surface area contributed by atoms with Gasteiger partial charge < -0.3 is 5.32 Å². The van der Waals surface area contributed by atoms with E-state index in [-0.39, 0.29) is 11.1 Å². The lowest BCUT2D eigenvalue weighted by atomic mass is 9.97. The number of hydrogen-bond donors (Lipinski definition) is 1. The first-order valence-electron chi connectivity index (χ1n) is 6.97. The van der Waals surface area contributed by atoms with Crippen molar-refractivity contribution >= 4 is 11.6 Å². The molecule has 1 N–H and O–H groups in total. The topological polar surface area (TPSA) is 12.0 Å². The van der Waals surface area contributed by atoms with Gasteiger partial charge >= 0.3 is 0 Å². The van der Waals surface area contributed by atoms with Crippen molar-refractivity contribution in [1.29, 1.82) is 0 Å². The largest absolute Gasteiger partial charge is 0.306 e. The Kier molecular flexibility index (Phi) is 5.32. The summed E-state index contributed by atoms with van der Waals surface area (Å²) >= 11 is 6.11. The smallest absolute Gasteiger partial charge is 0.160 e. The van der Waals surface area contributed by atoms with E-state index in [1.165, 1.54) is 6.07 Å². The van der Waals surface area contributed by atoms with Gasteiger partial charge in [0.05, 0.1) is 6.04 Å². The van der Waals surface area contributed by atoms with Crippen molar-refractivity contribution in [2.45, 2.75) is 26.3 Å². The second-order valence-electron chi connectivity index (χ2n) is 5.09. The molecule has 2 aromatic rings. The zero-order valence-corrected chi connectivity index (χ0v) is 12.8. The number of aryl methyl sites for hydroxylation is 1. The lowest BCUT2D eigenvalue weighted by Crippen LogP contribution is -2.23. The van der Waals surface area contributed by atoms with Gasteiger partial charge in [0.15, 0.2) is 11.6 Å². The van der Waals surface area contributed by atoms with Gasteiger partial charge in [-0.1, -0.05) is 48.4 Å². The van der Waals surface area contributed by atoms with Crippen molar-refractivity contribution in [3.63, 3.8) is 0 Å². The van der Waals surface area contributed by atoms with E-state index in [1.54, 1.807) is 0 Å². The molecule has 0 radical (unpaired) electrons. The number of hydrogen-bond acceptors (Lipinski definition) is 1. The van der Waals surface area contributed by atoms with Crippen LogP contribution in [0.15, 0.2) is 36.4 Å². The summed E-state index contributed by atoms with van der Waals surface area (Å²) in [5.74, 6) is -1.81. The van der Waals surface area contributed by atoms with Crippen LogP contribution in [0.5, 0.6) is 0 Å². The van der Waals surface area contributed by atoms with Gasteiger partial charge in [0.1, 0.15) is 0 Å². The standard InChI is InChI=1S/C17H18ClF2N/c1-3-8-21-17(12-6-4-11(2)5-7-12)13-9-15(19)16(20)10-14(13)18/h4-7,9-10,17,21H,3,8H2,1-2H3. The molecule has 0 saturated heterocycles. The Labute approximate surface area is 128 Å². The summed E-state index contributed by atoms with van der Waals surface area (Å²) < 4.78 is 26.8. The minimum atomic E-state index is -0.929. The highest BCUT2D eigenvalue weighted by Gasteiger charge is 2.19. The molecule has 0 fully saturated rings. The minimum absolute atomic E-state index is 0.225. The molecule has 0 aliphatic heterocycles. The molecule has 4 heteroatoms. The van der Waals surface area contributed by atoms with E-state index < -0.39 is 11.6 Å². The van der Waals surface area contributed by atoms with Crippen LogP contribution in [0, 0.1) is 18.6 Å². The maximum absolute atomic E-state index is 13.6. The van der Waals surface area contributed by atoms with E-state index in [4.69, 9.17) is 11.6 Å². The zero-order chi connectivity index (χ0) is 15.4. The Morgan fingerprint density at radius 3 is 2.33 bits per heavy atom. The van der Waals surface area contributed by atoms with Crippen molar-refractivity contribution in [2.75, 3.05) is 6.54 Å². The molecule has 0 heterocycles. The van der Waals surface area contributed by atoms with Crippen molar-refractivity contribution in [2.24, 2.45) is 0 Å². The number of benzene rings is 2. The first kappa shape index (κ1) is 15.9. The Morgan fingerprint density at radius 1 is 1.10 bits per heavy atom. The molecule has 21 heavy (non-hydrogen) atoms. The minimum Gasteiger partial charge on any atom is -0.306 e. The first-order valence-corrected chi connectivity index (χ1v) is 7.35. The monoisotopic (exact) mass is 309 g/mol. The van der Waals surface area contributed by atoms with Crippen molar-refractivity contribution in [3.05, 3.63) is 69.7 Å². The Hall–Kier alpha value is -1.45. The molecule has 0 amide bonds. The van der Waals surface area contributed by atoms with Crippen LogP contribution in [0.4, 0.5) is 8.78 Å². The van der Waals surface area contributed by atoms with E-state index in [0.29, 0.717) is 5.56 Å². The molecule has 1 atom stereocenters. The fourth-order valence-electron chi connectivity index (χ4n) is 2.21. The molecule has 2 aromatic carbocycles. The van der Waals surface area contributed by atoms with Gasteiger partial charge in [-0.15, -0.1) is 0 Å². The zero-order valence-electron chi connectivity index (χ0n) is 12.1. The highest BCUT2D eigenvalue weighted by molar-refractivity contribution is 6.31. The van der Waals surface area contributed by atoms with E-state index in [9.17, 15) is 8.78 Å². The Morgan fingerprint density at radius 2 is 1.71 bits per heavy atom. The first-order chi connectivity index (χ1) is 10.0. The molecule has 1 unspecified atom stereocenters. The maximum atomic E-state index is 13.6. The molecule has 2 rings (SSSR count). The quantitative estimate of drug-likeness (QED) is 0.765. The van der Waals surface area contributed by atoms with Crippen molar-refractivity contribution in [3.8, 4) is 0 Å². The average Bonchev–Trinajstić information content (AvgIpc) is 2.46. The molecule has 0 spiro atoms. The van der Waals surface area contributed by atoms with Crippen LogP contribution in [0.25, 0.3) is 0 Å². The van der Waals surface area contributed by atoms with Gasteiger partial charge in [-0.3, -0.25) is 0 Å². The second kappa shape index (κ2) is 7.01. The maximum Gasteiger partial charge on any atom is 0.160 e. The molecule has 1 nitrogen and oxygen atoms in total. The van der Waals surface area contributed by atoms with Crippen LogP contribution < -0.4 is 5.32 Å². The third-order valence-electron chi connectivity index (χ3n) is 3.36. The predicted molar refractivity (Wildman–Crippen MR) is 82.7 cm³/mol. The molecule has 0 aliphatic carbocycles. The predicted octanol–water partition coefficient (Wildman–Crippen LogP) is 5.02. The van der Waals surface area contributed by atoms with Gasteiger partial charge in [-0.05, 0) is 43.1 Å². The van der Waals surface area contributed by atoms with Gasteiger partial charge in [0.2, 0.25) is 0 Å². The summed E-state index contributed by atoms with van der Waals surface area (Å²) in [5.41, 5.74) is 2.67. The molecular weight excluding hydrogens is 292 g/mol. The summed E-state index contributed by atoms with van der Waals surface area (Å²) in [6, 6.07) is 9.87. The lowest BCUT2D eigenvalue weighted by molar-refractivity contribution is 0.503. The summed E-state index contributed by atoms with van der Waals surface area (Å²) in [6.45, 7) is 4.81. The number of halogens is 3. The summed E-state index contributed by atoms with van der Waals surface area (Å²) in [4.78, 5) is 0. The molecule has 0 aromatic heterocycles. The molecule has 0 saturated carbocycles. The van der Waals surface area contributed by atoms with Crippen LogP contribution in [-0.2, 0) is 0 Å². The van der Waals surface area contributed by atoms with Crippen LogP contribution in [0.1, 0.15) is 36.1 Å². The molecule has 112 valence electrons. The lowest BCUT2D eigenvalue weighted by Gasteiger charge is -2.21. The normalized spacial score (nSPS) is 12.4. The fourth-order valence-corrected chi connectivity index (χ4v) is 2.47. The van der Waals surface area contributed by atoms with E-state index in [2.05, 4.69) is 5.32 Å². The second-order valence-corrected chi connectivity index (χ2v) is 5.49. The molecular formula is C17H18ClF2N.